The van der Waals surface area contributed by atoms with Gasteiger partial charge < -0.3 is 29.0 Å². The summed E-state index contributed by atoms with van der Waals surface area (Å²) in [6.45, 7) is 1.38. The Bertz CT molecular complexity index is 1470. The van der Waals surface area contributed by atoms with E-state index in [-0.39, 0.29) is 31.0 Å². The number of hydrogen-bond donors (Lipinski definition) is 0. The number of carbonyl (C=O) groups excluding carboxylic acids is 2. The first kappa shape index (κ1) is 28.2. The van der Waals surface area contributed by atoms with Gasteiger partial charge in [0.25, 0.3) is 0 Å². The van der Waals surface area contributed by atoms with Crippen molar-refractivity contribution in [3.05, 3.63) is 113 Å². The Labute approximate surface area is 240 Å². The summed E-state index contributed by atoms with van der Waals surface area (Å²) in [6.07, 6.45) is 0.0180. The summed E-state index contributed by atoms with van der Waals surface area (Å²) in [4.78, 5) is 25.2. The first-order valence-electron chi connectivity index (χ1n) is 13.9. The monoisotopic (exact) mass is 552 g/mol. The largest absolute Gasteiger partial charge is 0.530 e. The maximum atomic E-state index is 12.2. The fourth-order valence-corrected chi connectivity index (χ4v) is 5.34. The first-order chi connectivity index (χ1) is 20.0. The van der Waals surface area contributed by atoms with Gasteiger partial charge in [-0.1, -0.05) is 72.8 Å². The number of carboxylic acid groups (broad SMARTS) is 1. The molecule has 1 amide bonds. The normalized spacial score (nSPS) is 16.9. The highest BCUT2D eigenvalue weighted by Gasteiger charge is 2.31. The molecular weight excluding hydrogens is 518 g/mol. The smallest absolute Gasteiger partial charge is 0.310 e. The fourth-order valence-electron chi connectivity index (χ4n) is 5.34. The van der Waals surface area contributed by atoms with Crippen molar-refractivity contribution in [2.45, 2.75) is 37.9 Å². The average molecular weight is 553 g/mol. The predicted octanol–water partition coefficient (Wildman–Crippen LogP) is 4.89. The highest BCUT2D eigenvalue weighted by Crippen LogP contribution is 2.31. The number of rotatable bonds is 10. The molecule has 0 N–H and O–H groups in total. The number of benzene rings is 4. The van der Waals surface area contributed by atoms with Crippen molar-refractivity contribution >= 4 is 22.8 Å². The summed E-state index contributed by atoms with van der Waals surface area (Å²) in [6, 6.07) is 30.0. The SMILES string of the molecule is COc1ccc(CC(=O)OCCc2ccc(C3CCN(C(=O)[O-])CC3OCc3ccc4ccccc4c3)cc2)cc1. The van der Waals surface area contributed by atoms with Gasteiger partial charge in [0.15, 0.2) is 0 Å². The topological polar surface area (TPSA) is 88.1 Å². The molecule has 0 radical (unpaired) electrons. The summed E-state index contributed by atoms with van der Waals surface area (Å²) in [7, 11) is 1.61. The van der Waals surface area contributed by atoms with Gasteiger partial charge in [-0.25, -0.2) is 0 Å². The summed E-state index contributed by atoms with van der Waals surface area (Å²) in [5.74, 6) is 0.540. The number of hydrogen-bond acceptors (Lipinski definition) is 6. The number of nitrogens with zero attached hydrogens (tertiary/aromatic N) is 1. The third-order valence-electron chi connectivity index (χ3n) is 7.66. The van der Waals surface area contributed by atoms with Gasteiger partial charge in [-0.05, 0) is 57.6 Å². The molecule has 0 bridgehead atoms. The molecule has 0 spiro atoms. The molecule has 41 heavy (non-hydrogen) atoms. The minimum absolute atomic E-state index is 0.0578. The van der Waals surface area contributed by atoms with Crippen LogP contribution in [0.25, 0.3) is 10.8 Å². The number of carbonyl (C=O) groups is 2. The van der Waals surface area contributed by atoms with E-state index in [4.69, 9.17) is 14.2 Å². The lowest BCUT2D eigenvalue weighted by Gasteiger charge is -2.40. The molecule has 4 aromatic carbocycles. The van der Waals surface area contributed by atoms with Gasteiger partial charge in [-0.15, -0.1) is 0 Å². The molecule has 1 saturated heterocycles. The summed E-state index contributed by atoms with van der Waals surface area (Å²) in [5.41, 5.74) is 4.09. The van der Waals surface area contributed by atoms with Crippen LogP contribution in [0.5, 0.6) is 5.75 Å². The summed E-state index contributed by atoms with van der Waals surface area (Å²) < 4.78 is 16.9. The van der Waals surface area contributed by atoms with Crippen LogP contribution in [0.3, 0.4) is 0 Å². The Hall–Kier alpha value is -4.36. The van der Waals surface area contributed by atoms with E-state index in [0.717, 1.165) is 33.4 Å². The van der Waals surface area contributed by atoms with E-state index < -0.39 is 6.09 Å². The molecule has 1 fully saturated rings. The number of amides is 1. The quantitative estimate of drug-likeness (QED) is 0.260. The van der Waals surface area contributed by atoms with E-state index in [9.17, 15) is 14.7 Å². The molecule has 212 valence electrons. The molecule has 4 aromatic rings. The lowest BCUT2D eigenvalue weighted by Crippen LogP contribution is -2.51. The third-order valence-corrected chi connectivity index (χ3v) is 7.66. The van der Waals surface area contributed by atoms with Crippen molar-refractivity contribution in [3.63, 3.8) is 0 Å². The molecule has 1 heterocycles. The number of esters is 1. The van der Waals surface area contributed by atoms with Crippen LogP contribution >= 0.6 is 0 Å². The third kappa shape index (κ3) is 7.44. The van der Waals surface area contributed by atoms with Crippen molar-refractivity contribution in [2.24, 2.45) is 0 Å². The standard InChI is InChI=1S/C34H35NO6/c1-39-30-14-9-25(10-15-30)21-33(36)40-19-17-24-6-12-28(13-7-24)31-16-18-35(34(37)38)22-32(31)41-23-26-8-11-27-4-2-3-5-29(27)20-26/h2-15,20,31-32H,16-19,21-23H2,1H3,(H,37,38)/p-1. The zero-order valence-electron chi connectivity index (χ0n) is 23.2. The predicted molar refractivity (Wildman–Crippen MR) is 155 cm³/mol. The number of ether oxygens (including phenoxy) is 3. The number of methoxy groups -OCH3 is 1. The number of fused-ring (bicyclic) bond motifs is 1. The average Bonchev–Trinajstić information content (AvgIpc) is 3.00. The van der Waals surface area contributed by atoms with Gasteiger partial charge >= 0.3 is 5.97 Å². The zero-order chi connectivity index (χ0) is 28.6. The first-order valence-corrected chi connectivity index (χ1v) is 13.9. The molecule has 1 aliphatic heterocycles. The Morgan fingerprint density at radius 1 is 0.878 bits per heavy atom. The molecule has 7 nitrogen and oxygen atoms in total. The molecule has 7 heteroatoms. The summed E-state index contributed by atoms with van der Waals surface area (Å²) >= 11 is 0. The van der Waals surface area contributed by atoms with Crippen LogP contribution in [-0.2, 0) is 33.7 Å². The Morgan fingerprint density at radius 3 is 2.32 bits per heavy atom. The maximum Gasteiger partial charge on any atom is 0.310 e. The molecule has 2 unspecified atom stereocenters. The van der Waals surface area contributed by atoms with E-state index >= 15 is 0 Å². The van der Waals surface area contributed by atoms with Crippen molar-refractivity contribution < 1.29 is 28.9 Å². The van der Waals surface area contributed by atoms with Crippen LogP contribution in [0.2, 0.25) is 0 Å². The van der Waals surface area contributed by atoms with Gasteiger partial charge in [0.05, 0.1) is 32.8 Å². The molecule has 2 atom stereocenters. The van der Waals surface area contributed by atoms with Crippen LogP contribution in [-0.4, -0.2) is 49.9 Å². The van der Waals surface area contributed by atoms with E-state index in [1.165, 1.54) is 10.3 Å². The Morgan fingerprint density at radius 2 is 1.59 bits per heavy atom. The van der Waals surface area contributed by atoms with Gasteiger partial charge in [0.2, 0.25) is 0 Å². The van der Waals surface area contributed by atoms with E-state index in [1.807, 2.05) is 48.5 Å². The van der Waals surface area contributed by atoms with Crippen LogP contribution in [0.1, 0.15) is 34.6 Å². The van der Waals surface area contributed by atoms with Gasteiger partial charge in [0.1, 0.15) is 11.8 Å². The zero-order valence-corrected chi connectivity index (χ0v) is 23.2. The molecule has 0 saturated carbocycles. The van der Waals surface area contributed by atoms with Crippen LogP contribution < -0.4 is 9.84 Å². The Kier molecular flexibility index (Phi) is 9.16. The van der Waals surface area contributed by atoms with Crippen molar-refractivity contribution in [2.75, 3.05) is 26.8 Å². The highest BCUT2D eigenvalue weighted by atomic mass is 16.5. The van der Waals surface area contributed by atoms with E-state index in [1.54, 1.807) is 7.11 Å². The van der Waals surface area contributed by atoms with Crippen LogP contribution in [0.15, 0.2) is 91.0 Å². The Balaban J connectivity index is 1.17. The number of likely N-dealkylation sites (tertiary alicyclic amines) is 1. The molecule has 5 rings (SSSR count). The van der Waals surface area contributed by atoms with Crippen molar-refractivity contribution in [1.29, 1.82) is 0 Å². The van der Waals surface area contributed by atoms with Gasteiger partial charge in [-0.2, -0.15) is 0 Å². The van der Waals surface area contributed by atoms with Crippen molar-refractivity contribution in [3.8, 4) is 5.75 Å². The fraction of sp³-hybridized carbons (Fsp3) is 0.294. The minimum Gasteiger partial charge on any atom is -0.530 e. The van der Waals surface area contributed by atoms with Gasteiger partial charge in [-0.3, -0.25) is 4.79 Å². The molecule has 0 aromatic heterocycles. The molecule has 1 aliphatic rings. The lowest BCUT2D eigenvalue weighted by molar-refractivity contribution is -0.268. The second-order valence-corrected chi connectivity index (χ2v) is 10.4. The maximum absolute atomic E-state index is 12.2. The highest BCUT2D eigenvalue weighted by molar-refractivity contribution is 5.83. The second kappa shape index (κ2) is 13.3. The molecular formula is C34H34NO6-. The number of piperidine rings is 1. The lowest BCUT2D eigenvalue weighted by atomic mass is 9.86. The van der Waals surface area contributed by atoms with E-state index in [2.05, 4.69) is 42.5 Å². The van der Waals surface area contributed by atoms with E-state index in [0.29, 0.717) is 32.6 Å². The molecule has 0 aliphatic carbocycles. The van der Waals surface area contributed by atoms with Crippen LogP contribution in [0.4, 0.5) is 4.79 Å². The van der Waals surface area contributed by atoms with Crippen LogP contribution in [0, 0.1) is 0 Å². The minimum atomic E-state index is -1.17. The van der Waals surface area contributed by atoms with Crippen molar-refractivity contribution in [1.82, 2.24) is 4.90 Å². The summed E-state index contributed by atoms with van der Waals surface area (Å²) in [5, 5.41) is 13.9. The van der Waals surface area contributed by atoms with Gasteiger partial charge in [0, 0.05) is 25.4 Å². The second-order valence-electron chi connectivity index (χ2n) is 10.4.